The van der Waals surface area contributed by atoms with Crippen molar-refractivity contribution in [3.05, 3.63) is 18.0 Å². The van der Waals surface area contributed by atoms with Gasteiger partial charge in [-0.2, -0.15) is 0 Å². The van der Waals surface area contributed by atoms with Crippen LogP contribution in [0.1, 0.15) is 18.7 Å². The fraction of sp³-hybridized carbons (Fsp3) is 0.500. The zero-order valence-electron chi connectivity index (χ0n) is 13.3. The lowest BCUT2D eigenvalue weighted by atomic mass is 10.1. The van der Waals surface area contributed by atoms with Gasteiger partial charge in [-0.05, 0) is 32.9 Å². The number of hydrogen-bond donors (Lipinski definition) is 2. The molecular weight excluding hydrogens is 280 g/mol. The molecule has 2 aromatic rings. The number of nitrogens with zero attached hydrogens (tertiary/aromatic N) is 2. The van der Waals surface area contributed by atoms with Crippen molar-refractivity contribution in [2.45, 2.75) is 19.8 Å². The van der Waals surface area contributed by atoms with Gasteiger partial charge in [0.25, 0.3) is 0 Å². The number of nitrogen functional groups attached to an aromatic ring is 1. The maximum absolute atomic E-state index is 6.03. The van der Waals surface area contributed by atoms with Crippen molar-refractivity contribution in [1.29, 1.82) is 0 Å². The first kappa shape index (κ1) is 14.8. The van der Waals surface area contributed by atoms with E-state index in [1.165, 1.54) is 12.8 Å². The zero-order chi connectivity index (χ0) is 15.7. The van der Waals surface area contributed by atoms with Gasteiger partial charge >= 0.3 is 0 Å². The van der Waals surface area contributed by atoms with Crippen LogP contribution in [0.25, 0.3) is 10.9 Å². The summed E-state index contributed by atoms with van der Waals surface area (Å²) in [6.45, 7) is 3.46. The third-order valence-corrected chi connectivity index (χ3v) is 4.17. The van der Waals surface area contributed by atoms with Crippen LogP contribution < -0.4 is 20.5 Å². The van der Waals surface area contributed by atoms with Crippen molar-refractivity contribution < 1.29 is 9.47 Å². The predicted molar refractivity (Wildman–Crippen MR) is 86.3 cm³/mol. The standard InChI is InChI=1S/C16H22N4O2/c1-10-19-12-7-13(21-3)14(6-11(12)15(17)20-10)22-9-16(4-5-16)8-18-2/h6-7,18H,4-5,8-9H2,1-3H3,(H2,17,19,20). The first-order chi connectivity index (χ1) is 10.6. The molecular formula is C16H22N4O2. The second-order valence-electron chi connectivity index (χ2n) is 6.00. The molecule has 1 aromatic heterocycles. The number of fused-ring (bicyclic) bond motifs is 1. The van der Waals surface area contributed by atoms with E-state index in [2.05, 4.69) is 15.3 Å². The molecule has 6 nitrogen and oxygen atoms in total. The van der Waals surface area contributed by atoms with E-state index in [0.29, 0.717) is 29.7 Å². The zero-order valence-corrected chi connectivity index (χ0v) is 13.3. The summed E-state index contributed by atoms with van der Waals surface area (Å²) in [6.07, 6.45) is 2.38. The van der Waals surface area contributed by atoms with Crippen LogP contribution in [0.4, 0.5) is 5.82 Å². The first-order valence-electron chi connectivity index (χ1n) is 7.46. The van der Waals surface area contributed by atoms with Crippen molar-refractivity contribution in [2.24, 2.45) is 5.41 Å². The van der Waals surface area contributed by atoms with Crippen molar-refractivity contribution in [3.63, 3.8) is 0 Å². The molecule has 3 N–H and O–H groups in total. The Morgan fingerprint density at radius 1 is 1.27 bits per heavy atom. The van der Waals surface area contributed by atoms with Gasteiger partial charge in [0.2, 0.25) is 0 Å². The Morgan fingerprint density at radius 3 is 2.68 bits per heavy atom. The molecule has 22 heavy (non-hydrogen) atoms. The summed E-state index contributed by atoms with van der Waals surface area (Å²) >= 11 is 0. The van der Waals surface area contributed by atoms with Crippen molar-refractivity contribution >= 4 is 16.7 Å². The summed E-state index contributed by atoms with van der Waals surface area (Å²) < 4.78 is 11.5. The van der Waals surface area contributed by atoms with Gasteiger partial charge in [-0.15, -0.1) is 0 Å². The van der Waals surface area contributed by atoms with E-state index in [1.807, 2.05) is 26.1 Å². The lowest BCUT2D eigenvalue weighted by molar-refractivity contribution is 0.223. The molecule has 0 atom stereocenters. The Bertz CT molecular complexity index is 698. The minimum absolute atomic E-state index is 0.254. The smallest absolute Gasteiger partial charge is 0.162 e. The van der Waals surface area contributed by atoms with Crippen LogP contribution in [0.2, 0.25) is 0 Å². The molecule has 1 heterocycles. The van der Waals surface area contributed by atoms with Gasteiger partial charge in [0.15, 0.2) is 11.5 Å². The highest BCUT2D eigenvalue weighted by molar-refractivity contribution is 5.90. The number of methoxy groups -OCH3 is 1. The Labute approximate surface area is 130 Å². The third kappa shape index (κ3) is 2.78. The van der Waals surface area contributed by atoms with E-state index >= 15 is 0 Å². The van der Waals surface area contributed by atoms with Crippen LogP contribution in [0, 0.1) is 12.3 Å². The quantitative estimate of drug-likeness (QED) is 0.848. The molecule has 0 aliphatic heterocycles. The van der Waals surface area contributed by atoms with Crippen molar-refractivity contribution in [1.82, 2.24) is 15.3 Å². The van der Waals surface area contributed by atoms with E-state index < -0.39 is 0 Å². The SMILES string of the molecule is CNCC1(COc2cc3c(N)nc(C)nc3cc2OC)CC1. The highest BCUT2D eigenvalue weighted by Gasteiger charge is 2.43. The molecule has 3 rings (SSSR count). The number of anilines is 1. The summed E-state index contributed by atoms with van der Waals surface area (Å²) in [4.78, 5) is 8.61. The molecule has 0 radical (unpaired) electrons. The molecule has 1 aliphatic rings. The van der Waals surface area contributed by atoms with E-state index in [0.717, 1.165) is 17.4 Å². The summed E-state index contributed by atoms with van der Waals surface area (Å²) in [6, 6.07) is 3.73. The molecule has 1 aromatic carbocycles. The molecule has 0 spiro atoms. The monoisotopic (exact) mass is 302 g/mol. The number of rotatable bonds is 6. The van der Waals surface area contributed by atoms with Gasteiger partial charge in [-0.1, -0.05) is 0 Å². The number of nitrogens with two attached hydrogens (primary N) is 1. The second kappa shape index (κ2) is 5.61. The normalized spacial score (nSPS) is 15.8. The van der Waals surface area contributed by atoms with Gasteiger partial charge < -0.3 is 20.5 Å². The number of aryl methyl sites for hydroxylation is 1. The number of hydrogen-bond acceptors (Lipinski definition) is 6. The molecule has 118 valence electrons. The van der Waals surface area contributed by atoms with Crippen LogP contribution in [0.3, 0.4) is 0 Å². The second-order valence-corrected chi connectivity index (χ2v) is 6.00. The van der Waals surface area contributed by atoms with Crippen LogP contribution in [0.15, 0.2) is 12.1 Å². The Kier molecular flexibility index (Phi) is 3.78. The van der Waals surface area contributed by atoms with Gasteiger partial charge in [0.05, 0.1) is 19.2 Å². The van der Waals surface area contributed by atoms with E-state index in [-0.39, 0.29) is 5.41 Å². The fourth-order valence-electron chi connectivity index (χ4n) is 2.71. The number of benzene rings is 1. The minimum Gasteiger partial charge on any atom is -0.493 e. The topological polar surface area (TPSA) is 82.3 Å². The average molecular weight is 302 g/mol. The van der Waals surface area contributed by atoms with Crippen LogP contribution in [-0.4, -0.2) is 37.3 Å². The van der Waals surface area contributed by atoms with Gasteiger partial charge in [-0.3, -0.25) is 0 Å². The molecule has 0 saturated heterocycles. The molecule has 1 saturated carbocycles. The van der Waals surface area contributed by atoms with Gasteiger partial charge in [0, 0.05) is 23.4 Å². The minimum atomic E-state index is 0.254. The summed E-state index contributed by atoms with van der Waals surface area (Å²) in [5.74, 6) is 2.47. The molecule has 6 heteroatoms. The molecule has 0 unspecified atom stereocenters. The van der Waals surface area contributed by atoms with Crippen molar-refractivity contribution in [3.8, 4) is 11.5 Å². The summed E-state index contributed by atoms with van der Waals surface area (Å²) in [5.41, 5.74) is 7.03. The van der Waals surface area contributed by atoms with Crippen LogP contribution in [0.5, 0.6) is 11.5 Å². The van der Waals surface area contributed by atoms with Crippen molar-refractivity contribution in [2.75, 3.05) is 33.0 Å². The van der Waals surface area contributed by atoms with E-state index in [9.17, 15) is 0 Å². The fourth-order valence-corrected chi connectivity index (χ4v) is 2.71. The highest BCUT2D eigenvalue weighted by atomic mass is 16.5. The van der Waals surface area contributed by atoms with Gasteiger partial charge in [0.1, 0.15) is 11.6 Å². The Balaban J connectivity index is 1.91. The maximum atomic E-state index is 6.03. The summed E-state index contributed by atoms with van der Waals surface area (Å²) in [7, 11) is 3.60. The van der Waals surface area contributed by atoms with Gasteiger partial charge in [-0.25, -0.2) is 9.97 Å². The first-order valence-corrected chi connectivity index (χ1v) is 7.46. The number of aromatic nitrogens is 2. The Hall–Kier alpha value is -2.08. The van der Waals surface area contributed by atoms with E-state index in [4.69, 9.17) is 15.2 Å². The number of ether oxygens (including phenoxy) is 2. The maximum Gasteiger partial charge on any atom is 0.162 e. The number of nitrogens with one attached hydrogen (secondary N) is 1. The van der Waals surface area contributed by atoms with E-state index in [1.54, 1.807) is 7.11 Å². The highest BCUT2D eigenvalue weighted by Crippen LogP contribution is 2.46. The molecule has 0 amide bonds. The Morgan fingerprint density at radius 2 is 2.05 bits per heavy atom. The molecule has 0 bridgehead atoms. The average Bonchev–Trinajstić information content (AvgIpc) is 3.25. The third-order valence-electron chi connectivity index (χ3n) is 4.17. The van der Waals surface area contributed by atoms with Crippen LogP contribution >= 0.6 is 0 Å². The predicted octanol–water partition coefficient (Wildman–Crippen LogP) is 1.91. The lowest BCUT2D eigenvalue weighted by Crippen LogP contribution is -2.25. The largest absolute Gasteiger partial charge is 0.493 e. The molecule has 1 aliphatic carbocycles. The summed E-state index contributed by atoms with van der Waals surface area (Å²) in [5, 5.41) is 4.02. The van der Waals surface area contributed by atoms with Crippen LogP contribution in [-0.2, 0) is 0 Å². The molecule has 1 fully saturated rings. The lowest BCUT2D eigenvalue weighted by Gasteiger charge is -2.18.